The van der Waals surface area contributed by atoms with Crippen LogP contribution >= 0.6 is 0 Å². The molecule has 8 rings (SSSR count). The number of benzene rings is 6. The summed E-state index contributed by atoms with van der Waals surface area (Å²) in [5, 5.41) is 5.39. The van der Waals surface area contributed by atoms with Crippen molar-refractivity contribution < 1.29 is 26.2 Å². The van der Waals surface area contributed by atoms with Crippen LogP contribution in [0.5, 0.6) is 0 Å². The van der Waals surface area contributed by atoms with Crippen LogP contribution in [0.25, 0.3) is 66.1 Å². The topological polar surface area (TPSA) is 0 Å². The predicted molar refractivity (Wildman–Crippen MR) is 311 cm³/mol. The van der Waals surface area contributed by atoms with Crippen molar-refractivity contribution in [2.24, 2.45) is 0 Å². The van der Waals surface area contributed by atoms with Gasteiger partial charge in [-0.1, -0.05) is 292 Å². The van der Waals surface area contributed by atoms with Crippen LogP contribution in [0.2, 0.25) is 13.1 Å². The molecule has 8 aromatic carbocycles. The van der Waals surface area contributed by atoms with Gasteiger partial charge in [-0.2, -0.15) is 12.1 Å². The zero-order chi connectivity index (χ0) is 51.1. The molecule has 8 aromatic rings. The largest absolute Gasteiger partial charge is 2.00 e. The van der Waals surface area contributed by atoms with Crippen molar-refractivity contribution in [2.45, 2.75) is 170 Å². The summed E-state index contributed by atoms with van der Waals surface area (Å²) in [7, 11) is 1.08. The van der Waals surface area contributed by atoms with Crippen LogP contribution in [0.15, 0.2) is 146 Å². The van der Waals surface area contributed by atoms with E-state index in [0.29, 0.717) is 0 Å². The smallest absolute Gasteiger partial charge is 0.164 e. The Hall–Kier alpha value is -4.36. The molecule has 2 radical (unpaired) electrons. The van der Waals surface area contributed by atoms with Crippen molar-refractivity contribution in [3.05, 3.63) is 179 Å². The van der Waals surface area contributed by atoms with Gasteiger partial charge in [0.1, 0.15) is 0 Å². The monoisotopic (exact) mass is 1020 g/mol. The number of fused-ring (bicyclic) bond motifs is 2. The van der Waals surface area contributed by atoms with Gasteiger partial charge in [-0.15, -0.1) is 44.8 Å². The van der Waals surface area contributed by atoms with Crippen LogP contribution < -0.4 is 0 Å². The quantitative estimate of drug-likeness (QED) is 0.122. The van der Waals surface area contributed by atoms with Gasteiger partial charge in [-0.3, -0.25) is 0 Å². The van der Waals surface area contributed by atoms with Crippen molar-refractivity contribution in [1.29, 1.82) is 0 Å². The molecule has 0 saturated carbocycles. The molecule has 364 valence electrons. The predicted octanol–water partition coefficient (Wildman–Crippen LogP) is 20.4. The molecule has 0 fully saturated rings. The third-order valence-electron chi connectivity index (χ3n) is 13.8. The van der Waals surface area contributed by atoms with Crippen LogP contribution in [-0.2, 0) is 58.7 Å². The van der Waals surface area contributed by atoms with E-state index in [1.54, 1.807) is 0 Å². The third kappa shape index (κ3) is 13.2. The van der Waals surface area contributed by atoms with Gasteiger partial charge in [0.25, 0.3) is 0 Å². The second kappa shape index (κ2) is 21.4. The normalized spacial score (nSPS) is 12.5. The van der Waals surface area contributed by atoms with Crippen molar-refractivity contribution >= 4 is 31.1 Å². The molecule has 0 atom stereocenters. The molecule has 0 bridgehead atoms. The van der Waals surface area contributed by atoms with Gasteiger partial charge in [0.05, 0.1) is 0 Å². The molecule has 0 unspecified atom stereocenters. The van der Waals surface area contributed by atoms with E-state index < -0.39 is 0 Å². The first-order valence-electron chi connectivity index (χ1n) is 25.4. The summed E-state index contributed by atoms with van der Waals surface area (Å²) in [6, 6.07) is 55.5. The number of hydrogen-bond donors (Lipinski definition) is 0. The number of hydrogen-bond acceptors (Lipinski definition) is 0. The van der Waals surface area contributed by atoms with Crippen LogP contribution in [0, 0.1) is 0 Å². The molecule has 70 heavy (non-hydrogen) atoms. The van der Waals surface area contributed by atoms with E-state index in [1.165, 1.54) is 99.4 Å². The summed E-state index contributed by atoms with van der Waals surface area (Å²) in [4.78, 5) is 0. The Kier molecular flexibility index (Phi) is 17.3. The third-order valence-corrected chi connectivity index (χ3v) is 13.8. The minimum atomic E-state index is 0. The van der Waals surface area contributed by atoms with Gasteiger partial charge in [0, 0.05) is 9.52 Å². The summed E-state index contributed by atoms with van der Waals surface area (Å²) < 4.78 is 0. The molecule has 0 aliphatic carbocycles. The van der Waals surface area contributed by atoms with E-state index in [9.17, 15) is 0 Å². The molecule has 0 N–H and O–H groups in total. The van der Waals surface area contributed by atoms with E-state index in [2.05, 4.69) is 283 Å². The maximum Gasteiger partial charge on any atom is 2.00 e. The van der Waals surface area contributed by atoms with Crippen LogP contribution in [0.3, 0.4) is 0 Å². The average Bonchev–Trinajstić information content (AvgIpc) is 3.93. The van der Waals surface area contributed by atoms with Crippen LogP contribution in [-0.4, -0.2) is 9.52 Å². The molecular formula is C68H84SiZr. The van der Waals surface area contributed by atoms with Crippen LogP contribution in [0.1, 0.15) is 158 Å². The minimum Gasteiger partial charge on any atom is -0.164 e. The fourth-order valence-corrected chi connectivity index (χ4v) is 9.07. The first kappa shape index (κ1) is 56.6. The Balaban J connectivity index is 0.000000244. The van der Waals surface area contributed by atoms with Gasteiger partial charge in [0.15, 0.2) is 0 Å². The maximum absolute atomic E-state index is 2.41. The fourth-order valence-electron chi connectivity index (χ4n) is 9.07. The van der Waals surface area contributed by atoms with Gasteiger partial charge < -0.3 is 0 Å². The second-order valence-corrected chi connectivity index (χ2v) is 26.8. The minimum absolute atomic E-state index is 0. The summed E-state index contributed by atoms with van der Waals surface area (Å²) in [6.07, 6.45) is 0. The first-order chi connectivity index (χ1) is 31.9. The zero-order valence-electron chi connectivity index (χ0n) is 46.9. The molecule has 0 saturated heterocycles. The average molecular weight is 1020 g/mol. The summed E-state index contributed by atoms with van der Waals surface area (Å²) in [5.74, 6) is 0. The Morgan fingerprint density at radius 1 is 0.286 bits per heavy atom. The number of rotatable bonds is 4. The maximum atomic E-state index is 2.41. The van der Waals surface area contributed by atoms with Gasteiger partial charge in [0.2, 0.25) is 0 Å². The second-order valence-electron chi connectivity index (χ2n) is 25.8. The Bertz CT molecular complexity index is 2560. The van der Waals surface area contributed by atoms with Gasteiger partial charge in [-0.25, -0.2) is 0 Å². The summed E-state index contributed by atoms with van der Waals surface area (Å²) in [5.41, 5.74) is 19.6. The molecule has 2 heteroatoms. The van der Waals surface area contributed by atoms with Gasteiger partial charge >= 0.3 is 26.2 Å². The molecule has 0 aliphatic rings. The molecule has 0 aromatic heterocycles. The van der Waals surface area contributed by atoms with Crippen LogP contribution in [0.4, 0.5) is 0 Å². The Morgan fingerprint density at radius 3 is 0.686 bits per heavy atom. The van der Waals surface area contributed by atoms with Crippen molar-refractivity contribution in [1.82, 2.24) is 0 Å². The van der Waals surface area contributed by atoms with Crippen molar-refractivity contribution in [2.75, 3.05) is 0 Å². The van der Waals surface area contributed by atoms with E-state index in [-0.39, 0.29) is 58.7 Å². The van der Waals surface area contributed by atoms with E-state index in [1.807, 2.05) is 0 Å². The Labute approximate surface area is 447 Å². The first-order valence-corrected chi connectivity index (χ1v) is 27.4. The summed E-state index contributed by atoms with van der Waals surface area (Å²) in [6.45, 7) is 45.4. The van der Waals surface area contributed by atoms with E-state index >= 15 is 0 Å². The van der Waals surface area contributed by atoms with Crippen molar-refractivity contribution in [3.63, 3.8) is 0 Å². The molecule has 0 spiro atoms. The van der Waals surface area contributed by atoms with E-state index in [4.69, 9.17) is 0 Å². The standard InChI is InChI=1S/2C33H39.C2H6Si.Zr/c2*1-31(2,3)24-14-10-22(11-15-24)27-18-19-28(23-12-16-25(17-13-23)32(4,5)6)30-21-26(20-29(27)30)33(7,8)9;1-3-2;/h2*10-21H,1-9H3;1-2H3;/q2*-1;;+2. The van der Waals surface area contributed by atoms with Gasteiger partial charge in [-0.05, 0) is 65.9 Å². The SMILES string of the molecule is CC(C)(C)c1ccc(-c2ccc(-c3ccc(C(C)(C)C)cc3)c3[cH-]c(C(C)(C)C)cc23)cc1.CC(C)(C)c1ccc(-c2ccc(-c3ccc(C(C)(C)C)cc3)c3[cH-]c(C(C)(C)C)cc23)cc1.C[Si]C.[Zr+2]. The molecule has 0 nitrogen and oxygen atoms in total. The molecule has 0 aliphatic heterocycles. The Morgan fingerprint density at radius 2 is 0.486 bits per heavy atom. The molecular weight excluding hydrogens is 936 g/mol. The molecule has 0 heterocycles. The zero-order valence-corrected chi connectivity index (χ0v) is 50.3. The van der Waals surface area contributed by atoms with Crippen molar-refractivity contribution in [3.8, 4) is 44.5 Å². The summed E-state index contributed by atoms with van der Waals surface area (Å²) >= 11 is 0. The van der Waals surface area contributed by atoms with E-state index in [0.717, 1.165) is 9.52 Å². The fraction of sp³-hybridized carbons (Fsp3) is 0.382. The molecule has 0 amide bonds.